The first-order chi connectivity index (χ1) is 14.6. The fourth-order valence-electron chi connectivity index (χ4n) is 3.14. The van der Waals surface area contributed by atoms with E-state index in [-0.39, 0.29) is 18.3 Å². The third-order valence-electron chi connectivity index (χ3n) is 4.66. The van der Waals surface area contributed by atoms with E-state index in [1.807, 2.05) is 42.5 Å². The number of hydrogen-bond donors (Lipinski definition) is 1. The molecular formula is C25H18FNO3. The molecule has 30 heavy (non-hydrogen) atoms. The lowest BCUT2D eigenvalue weighted by Crippen LogP contribution is -2.20. The molecule has 0 saturated heterocycles. The highest BCUT2D eigenvalue weighted by Crippen LogP contribution is 2.23. The largest absolute Gasteiger partial charge is 0.484 e. The first-order valence-electron chi connectivity index (χ1n) is 9.41. The van der Waals surface area contributed by atoms with Crippen LogP contribution in [0.2, 0.25) is 0 Å². The summed E-state index contributed by atoms with van der Waals surface area (Å²) in [6.45, 7) is -0.158. The van der Waals surface area contributed by atoms with Gasteiger partial charge < -0.3 is 10.1 Å². The maximum atomic E-state index is 13.0. The minimum absolute atomic E-state index is 0.158. The fourth-order valence-corrected chi connectivity index (χ4v) is 3.14. The summed E-state index contributed by atoms with van der Waals surface area (Å²) in [5.41, 5.74) is 1.58. The summed E-state index contributed by atoms with van der Waals surface area (Å²) in [6.07, 6.45) is 0. The molecule has 0 saturated carbocycles. The van der Waals surface area contributed by atoms with Crippen molar-refractivity contribution < 1.29 is 18.7 Å². The number of anilines is 1. The summed E-state index contributed by atoms with van der Waals surface area (Å²) in [5, 5.41) is 4.86. The van der Waals surface area contributed by atoms with Crippen LogP contribution in [0.3, 0.4) is 0 Å². The lowest BCUT2D eigenvalue weighted by Gasteiger charge is -2.10. The Kier molecular flexibility index (Phi) is 5.52. The Bertz CT molecular complexity index is 1200. The Balaban J connectivity index is 1.37. The number of halogens is 1. The number of carbonyl (C=O) groups is 2. The molecular weight excluding hydrogens is 381 g/mol. The second kappa shape index (κ2) is 8.57. The van der Waals surface area contributed by atoms with Crippen LogP contribution in [0.4, 0.5) is 10.1 Å². The number of ketones is 1. The van der Waals surface area contributed by atoms with Crippen molar-refractivity contribution in [2.75, 3.05) is 11.9 Å². The standard InChI is InChI=1S/C25H18FNO3/c26-20-12-8-18(9-13-20)25(29)19-10-14-21(15-11-19)30-16-24(28)27-23-7-3-5-17-4-1-2-6-22(17)23/h1-15H,16H2,(H,27,28). The molecule has 0 aliphatic rings. The highest BCUT2D eigenvalue weighted by atomic mass is 19.1. The molecule has 0 aliphatic carbocycles. The average molecular weight is 399 g/mol. The Labute approximate surface area is 172 Å². The number of fused-ring (bicyclic) bond motifs is 1. The third-order valence-corrected chi connectivity index (χ3v) is 4.66. The van der Waals surface area contributed by atoms with Crippen molar-refractivity contribution in [3.8, 4) is 5.75 Å². The van der Waals surface area contributed by atoms with Crippen molar-refractivity contribution in [3.63, 3.8) is 0 Å². The van der Waals surface area contributed by atoms with Crippen molar-refractivity contribution in [3.05, 3.63) is 108 Å². The number of nitrogens with one attached hydrogen (secondary N) is 1. The van der Waals surface area contributed by atoms with Gasteiger partial charge in [-0.3, -0.25) is 9.59 Å². The monoisotopic (exact) mass is 399 g/mol. The van der Waals surface area contributed by atoms with Gasteiger partial charge in [-0.15, -0.1) is 0 Å². The van der Waals surface area contributed by atoms with Crippen molar-refractivity contribution in [1.29, 1.82) is 0 Å². The topological polar surface area (TPSA) is 55.4 Å². The Morgan fingerprint density at radius 1 is 0.767 bits per heavy atom. The number of ether oxygens (including phenoxy) is 1. The summed E-state index contributed by atoms with van der Waals surface area (Å²) in [4.78, 5) is 24.7. The molecule has 4 nitrogen and oxygen atoms in total. The minimum Gasteiger partial charge on any atom is -0.484 e. The summed E-state index contributed by atoms with van der Waals surface area (Å²) in [7, 11) is 0. The number of rotatable bonds is 6. The number of benzene rings is 4. The van der Waals surface area contributed by atoms with Crippen LogP contribution in [0.15, 0.2) is 91.0 Å². The first kappa shape index (κ1) is 19.3. The number of hydrogen-bond acceptors (Lipinski definition) is 3. The van der Waals surface area contributed by atoms with E-state index in [1.54, 1.807) is 24.3 Å². The van der Waals surface area contributed by atoms with Crippen LogP contribution >= 0.6 is 0 Å². The van der Waals surface area contributed by atoms with E-state index < -0.39 is 5.82 Å². The van der Waals surface area contributed by atoms with Gasteiger partial charge in [0.15, 0.2) is 12.4 Å². The fraction of sp³-hybridized carbons (Fsp3) is 0.0400. The summed E-state index contributed by atoms with van der Waals surface area (Å²) in [5.74, 6) is -0.413. The predicted molar refractivity (Wildman–Crippen MR) is 114 cm³/mol. The first-order valence-corrected chi connectivity index (χ1v) is 9.41. The molecule has 4 aromatic carbocycles. The van der Waals surface area contributed by atoms with Crippen molar-refractivity contribution in [2.45, 2.75) is 0 Å². The summed E-state index contributed by atoms with van der Waals surface area (Å²) < 4.78 is 18.5. The van der Waals surface area contributed by atoms with Crippen LogP contribution in [-0.4, -0.2) is 18.3 Å². The highest BCUT2D eigenvalue weighted by Gasteiger charge is 2.10. The zero-order valence-corrected chi connectivity index (χ0v) is 16.0. The molecule has 148 valence electrons. The van der Waals surface area contributed by atoms with Crippen LogP contribution in [-0.2, 0) is 4.79 Å². The molecule has 0 atom stereocenters. The highest BCUT2D eigenvalue weighted by molar-refractivity contribution is 6.09. The van der Waals surface area contributed by atoms with Gasteiger partial charge in [-0.2, -0.15) is 0 Å². The number of carbonyl (C=O) groups excluding carboxylic acids is 2. The number of amides is 1. The molecule has 4 aromatic rings. The third kappa shape index (κ3) is 4.36. The van der Waals surface area contributed by atoms with E-state index in [0.29, 0.717) is 16.9 Å². The SMILES string of the molecule is O=C(COc1ccc(C(=O)c2ccc(F)cc2)cc1)Nc1cccc2ccccc12. The van der Waals surface area contributed by atoms with Gasteiger partial charge in [0.1, 0.15) is 11.6 Å². The van der Waals surface area contributed by atoms with E-state index in [0.717, 1.165) is 16.5 Å². The average Bonchev–Trinajstić information content (AvgIpc) is 2.78. The molecule has 0 heterocycles. The molecule has 1 N–H and O–H groups in total. The van der Waals surface area contributed by atoms with Crippen LogP contribution < -0.4 is 10.1 Å². The zero-order chi connectivity index (χ0) is 20.9. The molecule has 0 spiro atoms. The van der Waals surface area contributed by atoms with Gasteiger partial charge in [0.25, 0.3) is 5.91 Å². The van der Waals surface area contributed by atoms with E-state index in [4.69, 9.17) is 4.74 Å². The maximum absolute atomic E-state index is 13.0. The molecule has 0 fully saturated rings. The Morgan fingerprint density at radius 2 is 1.40 bits per heavy atom. The van der Waals surface area contributed by atoms with Crippen LogP contribution in [0.5, 0.6) is 5.75 Å². The lowest BCUT2D eigenvalue weighted by atomic mass is 10.0. The van der Waals surface area contributed by atoms with Gasteiger partial charge in [-0.1, -0.05) is 36.4 Å². The van der Waals surface area contributed by atoms with E-state index in [2.05, 4.69) is 5.32 Å². The predicted octanol–water partition coefficient (Wildman–Crippen LogP) is 5.23. The van der Waals surface area contributed by atoms with Crippen LogP contribution in [0, 0.1) is 5.82 Å². The normalized spacial score (nSPS) is 10.6. The lowest BCUT2D eigenvalue weighted by molar-refractivity contribution is -0.118. The van der Waals surface area contributed by atoms with E-state index in [9.17, 15) is 14.0 Å². The van der Waals surface area contributed by atoms with Crippen molar-refractivity contribution in [1.82, 2.24) is 0 Å². The van der Waals surface area contributed by atoms with Gasteiger partial charge >= 0.3 is 0 Å². The molecule has 0 bridgehead atoms. The van der Waals surface area contributed by atoms with E-state index >= 15 is 0 Å². The van der Waals surface area contributed by atoms with Crippen LogP contribution in [0.25, 0.3) is 10.8 Å². The smallest absolute Gasteiger partial charge is 0.262 e. The van der Waals surface area contributed by atoms with Gasteiger partial charge in [-0.05, 0) is 60.0 Å². The Hall–Kier alpha value is -3.99. The van der Waals surface area contributed by atoms with Gasteiger partial charge in [0.05, 0.1) is 0 Å². The molecule has 1 amide bonds. The van der Waals surface area contributed by atoms with E-state index in [1.165, 1.54) is 24.3 Å². The summed E-state index contributed by atoms with van der Waals surface area (Å²) >= 11 is 0. The molecule has 0 radical (unpaired) electrons. The molecule has 0 aromatic heterocycles. The van der Waals surface area contributed by atoms with Gasteiger partial charge in [0.2, 0.25) is 0 Å². The Morgan fingerprint density at radius 3 is 2.13 bits per heavy atom. The van der Waals surface area contributed by atoms with Gasteiger partial charge in [0, 0.05) is 22.2 Å². The molecule has 0 aliphatic heterocycles. The molecule has 4 rings (SSSR count). The van der Waals surface area contributed by atoms with Crippen LogP contribution in [0.1, 0.15) is 15.9 Å². The second-order valence-electron chi connectivity index (χ2n) is 6.72. The van der Waals surface area contributed by atoms with Crippen molar-refractivity contribution >= 4 is 28.2 Å². The van der Waals surface area contributed by atoms with Crippen molar-refractivity contribution in [2.24, 2.45) is 0 Å². The molecule has 0 unspecified atom stereocenters. The van der Waals surface area contributed by atoms with Gasteiger partial charge in [-0.25, -0.2) is 4.39 Å². The molecule has 5 heteroatoms. The minimum atomic E-state index is -0.392. The summed E-state index contributed by atoms with van der Waals surface area (Å²) in [6, 6.07) is 25.4. The quantitative estimate of drug-likeness (QED) is 0.452. The second-order valence-corrected chi connectivity index (χ2v) is 6.72. The zero-order valence-electron chi connectivity index (χ0n) is 16.0. The maximum Gasteiger partial charge on any atom is 0.262 e.